The Bertz CT molecular complexity index is 311. The molecule has 0 saturated heterocycles. The summed E-state index contributed by atoms with van der Waals surface area (Å²) in [5, 5.41) is 3.20. The van der Waals surface area contributed by atoms with Gasteiger partial charge in [-0.15, -0.1) is 11.6 Å². The predicted molar refractivity (Wildman–Crippen MR) is 66.4 cm³/mol. The summed E-state index contributed by atoms with van der Waals surface area (Å²) in [5.41, 5.74) is 0.172. The van der Waals surface area contributed by atoms with Gasteiger partial charge in [0.15, 0.2) is 0 Å². The molecule has 0 bridgehead atoms. The number of halogens is 2. The third-order valence-corrected chi connectivity index (χ3v) is 2.73. The lowest BCUT2D eigenvalue weighted by atomic mass is 9.88. The van der Waals surface area contributed by atoms with Crippen LogP contribution in [0.25, 0.3) is 0 Å². The Morgan fingerprint density at radius 2 is 2.19 bits per heavy atom. The van der Waals surface area contributed by atoms with Crippen LogP contribution >= 0.6 is 11.6 Å². The molecule has 0 aliphatic carbocycles. The molecule has 90 valence electrons. The highest BCUT2D eigenvalue weighted by molar-refractivity contribution is 6.17. The zero-order chi connectivity index (χ0) is 12.0. The van der Waals surface area contributed by atoms with Crippen molar-refractivity contribution >= 4 is 17.4 Å². The zero-order valence-electron chi connectivity index (χ0n) is 9.76. The van der Waals surface area contributed by atoms with Crippen molar-refractivity contribution in [2.24, 2.45) is 5.41 Å². The van der Waals surface area contributed by atoms with Crippen molar-refractivity contribution in [3.05, 3.63) is 24.1 Å². The molecule has 16 heavy (non-hydrogen) atoms. The molecular weight excluding hydrogens is 227 g/mol. The number of nitrogens with zero attached hydrogens (tertiary/aromatic N) is 1. The summed E-state index contributed by atoms with van der Waals surface area (Å²) < 4.78 is 12.6. The van der Waals surface area contributed by atoms with Gasteiger partial charge in [0.1, 0.15) is 11.6 Å². The van der Waals surface area contributed by atoms with Crippen molar-refractivity contribution in [1.82, 2.24) is 4.98 Å². The standard InChI is InChI=1S/C12H18ClFN2/c1-12(2,6-3-7-13)9-16-11-5-4-10(14)8-15-11/h4-5,8H,3,6-7,9H2,1-2H3,(H,15,16). The molecule has 4 heteroatoms. The van der Waals surface area contributed by atoms with Crippen molar-refractivity contribution in [3.63, 3.8) is 0 Å². The molecule has 0 saturated carbocycles. The van der Waals surface area contributed by atoms with E-state index in [0.29, 0.717) is 11.7 Å². The molecule has 0 aliphatic rings. The van der Waals surface area contributed by atoms with Crippen molar-refractivity contribution in [3.8, 4) is 0 Å². The number of rotatable bonds is 6. The second-order valence-electron chi connectivity index (χ2n) is 4.67. The summed E-state index contributed by atoms with van der Waals surface area (Å²) in [7, 11) is 0. The molecule has 0 unspecified atom stereocenters. The molecule has 0 aliphatic heterocycles. The minimum Gasteiger partial charge on any atom is -0.370 e. The smallest absolute Gasteiger partial charge is 0.141 e. The van der Waals surface area contributed by atoms with Crippen LogP contribution in [0.5, 0.6) is 0 Å². The first-order valence-corrected chi connectivity index (χ1v) is 5.98. The first kappa shape index (κ1) is 13.2. The maximum Gasteiger partial charge on any atom is 0.141 e. The van der Waals surface area contributed by atoms with E-state index in [1.807, 2.05) is 0 Å². The van der Waals surface area contributed by atoms with Gasteiger partial charge in [-0.25, -0.2) is 9.37 Å². The highest BCUT2D eigenvalue weighted by atomic mass is 35.5. The second kappa shape index (κ2) is 6.04. The second-order valence-corrected chi connectivity index (χ2v) is 5.05. The number of alkyl halides is 1. The van der Waals surface area contributed by atoms with Gasteiger partial charge in [0.05, 0.1) is 6.20 Å². The molecule has 0 fully saturated rings. The summed E-state index contributed by atoms with van der Waals surface area (Å²) in [4.78, 5) is 3.95. The van der Waals surface area contributed by atoms with Gasteiger partial charge in [0, 0.05) is 12.4 Å². The molecule has 0 aromatic carbocycles. The van der Waals surface area contributed by atoms with E-state index in [4.69, 9.17) is 11.6 Å². The van der Waals surface area contributed by atoms with Gasteiger partial charge in [-0.1, -0.05) is 13.8 Å². The quantitative estimate of drug-likeness (QED) is 0.773. The Morgan fingerprint density at radius 1 is 1.44 bits per heavy atom. The van der Waals surface area contributed by atoms with Gasteiger partial charge < -0.3 is 5.32 Å². The monoisotopic (exact) mass is 244 g/mol. The zero-order valence-corrected chi connectivity index (χ0v) is 10.5. The Morgan fingerprint density at radius 3 is 2.75 bits per heavy atom. The molecule has 0 amide bonds. The third-order valence-electron chi connectivity index (χ3n) is 2.46. The maximum atomic E-state index is 12.6. The van der Waals surface area contributed by atoms with Crippen molar-refractivity contribution in [2.45, 2.75) is 26.7 Å². The summed E-state index contributed by atoms with van der Waals surface area (Å²) >= 11 is 5.67. The van der Waals surface area contributed by atoms with Gasteiger partial charge in [0.25, 0.3) is 0 Å². The molecule has 1 N–H and O–H groups in total. The van der Waals surface area contributed by atoms with Crippen molar-refractivity contribution < 1.29 is 4.39 Å². The Labute approximate surface area is 101 Å². The van der Waals surface area contributed by atoms with E-state index in [9.17, 15) is 4.39 Å². The van der Waals surface area contributed by atoms with E-state index >= 15 is 0 Å². The van der Waals surface area contributed by atoms with Crippen LogP contribution in [-0.4, -0.2) is 17.4 Å². The number of hydrogen-bond donors (Lipinski definition) is 1. The minimum atomic E-state index is -0.313. The fraction of sp³-hybridized carbons (Fsp3) is 0.583. The van der Waals surface area contributed by atoms with Crippen LogP contribution in [0.1, 0.15) is 26.7 Å². The van der Waals surface area contributed by atoms with Gasteiger partial charge in [-0.3, -0.25) is 0 Å². The van der Waals surface area contributed by atoms with Crippen LogP contribution in [0.4, 0.5) is 10.2 Å². The van der Waals surface area contributed by atoms with Crippen LogP contribution in [0, 0.1) is 11.2 Å². The van der Waals surface area contributed by atoms with Crippen LogP contribution < -0.4 is 5.32 Å². The SMILES string of the molecule is CC(C)(CCCCl)CNc1ccc(F)cn1. The van der Waals surface area contributed by atoms with Crippen LogP contribution in [-0.2, 0) is 0 Å². The maximum absolute atomic E-state index is 12.6. The molecule has 0 spiro atoms. The predicted octanol–water partition coefficient (Wildman–Crippen LogP) is 3.68. The fourth-order valence-electron chi connectivity index (χ4n) is 1.44. The average Bonchev–Trinajstić information content (AvgIpc) is 2.26. The minimum absolute atomic E-state index is 0.172. The summed E-state index contributed by atoms with van der Waals surface area (Å²) in [6.45, 7) is 5.16. The summed E-state index contributed by atoms with van der Waals surface area (Å²) in [5.74, 6) is 1.09. The normalized spacial score (nSPS) is 11.5. The molecular formula is C12H18ClFN2. The van der Waals surface area contributed by atoms with E-state index in [1.165, 1.54) is 12.3 Å². The fourth-order valence-corrected chi connectivity index (χ4v) is 1.58. The van der Waals surface area contributed by atoms with Crippen LogP contribution in [0.15, 0.2) is 18.3 Å². The molecule has 1 heterocycles. The average molecular weight is 245 g/mol. The first-order valence-electron chi connectivity index (χ1n) is 5.45. The van der Waals surface area contributed by atoms with Gasteiger partial charge in [0.2, 0.25) is 0 Å². The number of pyridine rings is 1. The van der Waals surface area contributed by atoms with E-state index in [1.54, 1.807) is 6.07 Å². The Hall–Kier alpha value is -0.830. The largest absolute Gasteiger partial charge is 0.370 e. The van der Waals surface area contributed by atoms with E-state index < -0.39 is 0 Å². The highest BCUT2D eigenvalue weighted by Gasteiger charge is 2.16. The molecule has 2 nitrogen and oxygen atoms in total. The number of nitrogens with one attached hydrogen (secondary N) is 1. The number of hydrogen-bond acceptors (Lipinski definition) is 2. The van der Waals surface area contributed by atoms with E-state index in [0.717, 1.165) is 19.4 Å². The van der Waals surface area contributed by atoms with Crippen LogP contribution in [0.3, 0.4) is 0 Å². The number of aromatic nitrogens is 1. The molecule has 1 aromatic heterocycles. The Balaban J connectivity index is 2.41. The molecule has 0 atom stereocenters. The lowest BCUT2D eigenvalue weighted by molar-refractivity contribution is 0.355. The third kappa shape index (κ3) is 4.79. The van der Waals surface area contributed by atoms with Gasteiger partial charge in [-0.05, 0) is 30.4 Å². The van der Waals surface area contributed by atoms with E-state index in [-0.39, 0.29) is 11.2 Å². The van der Waals surface area contributed by atoms with Gasteiger partial charge >= 0.3 is 0 Å². The van der Waals surface area contributed by atoms with E-state index in [2.05, 4.69) is 24.1 Å². The topological polar surface area (TPSA) is 24.9 Å². The summed E-state index contributed by atoms with van der Waals surface area (Å²) in [6, 6.07) is 3.05. The Kier molecular flexibility index (Phi) is 5.00. The van der Waals surface area contributed by atoms with Gasteiger partial charge in [-0.2, -0.15) is 0 Å². The molecule has 1 rings (SSSR count). The highest BCUT2D eigenvalue weighted by Crippen LogP contribution is 2.22. The lowest BCUT2D eigenvalue weighted by Crippen LogP contribution is -2.23. The van der Waals surface area contributed by atoms with Crippen molar-refractivity contribution in [2.75, 3.05) is 17.7 Å². The summed E-state index contributed by atoms with van der Waals surface area (Å²) in [6.07, 6.45) is 3.28. The first-order chi connectivity index (χ1) is 7.53. The van der Waals surface area contributed by atoms with Crippen molar-refractivity contribution in [1.29, 1.82) is 0 Å². The molecule has 1 aromatic rings. The lowest BCUT2D eigenvalue weighted by Gasteiger charge is -2.24. The molecule has 0 radical (unpaired) electrons. The number of anilines is 1. The van der Waals surface area contributed by atoms with Crippen LogP contribution in [0.2, 0.25) is 0 Å².